The Hall–Kier alpha value is -2.14. The van der Waals surface area contributed by atoms with Gasteiger partial charge in [-0.2, -0.15) is 0 Å². The van der Waals surface area contributed by atoms with Crippen LogP contribution in [-0.4, -0.2) is 24.9 Å². The van der Waals surface area contributed by atoms with Crippen molar-refractivity contribution in [2.24, 2.45) is 0 Å². The van der Waals surface area contributed by atoms with Crippen molar-refractivity contribution in [1.29, 1.82) is 0 Å². The Labute approximate surface area is 134 Å². The number of carbonyl (C=O) groups excluding carboxylic acids is 2. The quantitative estimate of drug-likeness (QED) is 0.854. The first-order valence-corrected chi connectivity index (χ1v) is 8.24. The summed E-state index contributed by atoms with van der Waals surface area (Å²) in [6.07, 6.45) is 1.19. The molecule has 1 aliphatic rings. The molecule has 5 heteroatoms. The number of fused-ring (bicyclic) bond motifs is 1. The molecule has 1 aromatic carbocycles. The van der Waals surface area contributed by atoms with E-state index in [1.165, 1.54) is 0 Å². The molecule has 2 aromatic rings. The fraction of sp³-hybridized carbons (Fsp3) is 0.294. The Morgan fingerprint density at radius 3 is 2.36 bits per heavy atom. The number of anilines is 2. The van der Waals surface area contributed by atoms with Crippen LogP contribution in [0.3, 0.4) is 0 Å². The van der Waals surface area contributed by atoms with Gasteiger partial charge in [0.25, 0.3) is 0 Å². The molecule has 0 unspecified atom stereocenters. The number of carbonyl (C=O) groups is 2. The largest absolute Gasteiger partial charge is 0.311 e. The lowest BCUT2D eigenvalue weighted by atomic mass is 10.2. The summed E-state index contributed by atoms with van der Waals surface area (Å²) in [5.41, 5.74) is 1.66. The Morgan fingerprint density at radius 2 is 1.73 bits per heavy atom. The normalized spacial score (nSPS) is 14.4. The summed E-state index contributed by atoms with van der Waals surface area (Å²) in [5, 5.41) is 1.98. The van der Waals surface area contributed by atoms with E-state index in [9.17, 15) is 9.59 Å². The second-order valence-electron chi connectivity index (χ2n) is 5.31. The summed E-state index contributed by atoms with van der Waals surface area (Å²) in [5.74, 6) is 0.0975. The van der Waals surface area contributed by atoms with E-state index in [4.69, 9.17) is 0 Å². The standard InChI is InChI=1S/C17H18N2O2S/c1-13(20)18-9-5-10-19(16-8-3-2-7-15(16)18)17(21)12-14-6-4-11-22-14/h2-4,6-8,11H,5,9-10,12H2,1H3. The molecule has 0 aliphatic carbocycles. The van der Waals surface area contributed by atoms with Crippen molar-refractivity contribution < 1.29 is 9.59 Å². The van der Waals surface area contributed by atoms with E-state index in [2.05, 4.69) is 0 Å². The summed E-state index contributed by atoms with van der Waals surface area (Å²) >= 11 is 1.60. The van der Waals surface area contributed by atoms with Gasteiger partial charge in [-0.05, 0) is 30.0 Å². The van der Waals surface area contributed by atoms with E-state index >= 15 is 0 Å². The van der Waals surface area contributed by atoms with E-state index < -0.39 is 0 Å². The summed E-state index contributed by atoms with van der Waals surface area (Å²) in [7, 11) is 0. The number of amides is 2. The molecule has 0 bridgehead atoms. The maximum absolute atomic E-state index is 12.7. The van der Waals surface area contributed by atoms with Crippen LogP contribution in [0.1, 0.15) is 18.2 Å². The van der Waals surface area contributed by atoms with Crippen LogP contribution in [0.15, 0.2) is 41.8 Å². The minimum absolute atomic E-state index is 0.0139. The lowest BCUT2D eigenvalue weighted by Crippen LogP contribution is -2.32. The minimum Gasteiger partial charge on any atom is -0.311 e. The number of benzene rings is 1. The van der Waals surface area contributed by atoms with Crippen molar-refractivity contribution in [3.8, 4) is 0 Å². The summed E-state index contributed by atoms with van der Waals surface area (Å²) in [6.45, 7) is 2.86. The lowest BCUT2D eigenvalue weighted by molar-refractivity contribution is -0.118. The second-order valence-corrected chi connectivity index (χ2v) is 6.35. The first-order chi connectivity index (χ1) is 10.7. The van der Waals surface area contributed by atoms with Crippen LogP contribution < -0.4 is 9.80 Å². The number of hydrogen-bond donors (Lipinski definition) is 0. The second kappa shape index (κ2) is 6.32. The van der Waals surface area contributed by atoms with Gasteiger partial charge in [-0.1, -0.05) is 18.2 Å². The monoisotopic (exact) mass is 314 g/mol. The van der Waals surface area contributed by atoms with E-state index in [1.54, 1.807) is 23.2 Å². The molecular formula is C17H18N2O2S. The zero-order chi connectivity index (χ0) is 15.5. The highest BCUT2D eigenvalue weighted by Crippen LogP contribution is 2.32. The van der Waals surface area contributed by atoms with Crippen molar-refractivity contribution in [1.82, 2.24) is 0 Å². The topological polar surface area (TPSA) is 40.6 Å². The third kappa shape index (κ3) is 2.90. The minimum atomic E-state index is 0.0139. The van der Waals surface area contributed by atoms with Crippen molar-refractivity contribution >= 4 is 34.5 Å². The summed E-state index contributed by atoms with van der Waals surface area (Å²) < 4.78 is 0. The van der Waals surface area contributed by atoms with Crippen molar-refractivity contribution in [3.05, 3.63) is 46.7 Å². The average Bonchev–Trinajstić information content (AvgIpc) is 2.92. The molecule has 114 valence electrons. The highest BCUT2D eigenvalue weighted by atomic mass is 32.1. The van der Waals surface area contributed by atoms with Gasteiger partial charge in [-0.25, -0.2) is 0 Å². The van der Waals surface area contributed by atoms with Gasteiger partial charge in [0.1, 0.15) is 0 Å². The van der Waals surface area contributed by atoms with Crippen molar-refractivity contribution in [2.75, 3.05) is 22.9 Å². The zero-order valence-corrected chi connectivity index (χ0v) is 13.3. The van der Waals surface area contributed by atoms with Gasteiger partial charge >= 0.3 is 0 Å². The van der Waals surface area contributed by atoms with Crippen LogP contribution in [0.5, 0.6) is 0 Å². The van der Waals surface area contributed by atoms with Crippen LogP contribution >= 0.6 is 11.3 Å². The first kappa shape index (κ1) is 14.8. The van der Waals surface area contributed by atoms with Gasteiger partial charge in [-0.3, -0.25) is 9.59 Å². The van der Waals surface area contributed by atoms with Crippen LogP contribution in [0.2, 0.25) is 0 Å². The maximum atomic E-state index is 12.7. The molecule has 0 N–H and O–H groups in total. The van der Waals surface area contributed by atoms with Gasteiger partial charge in [0, 0.05) is 24.9 Å². The molecular weight excluding hydrogens is 296 g/mol. The third-order valence-corrected chi connectivity index (χ3v) is 4.69. The van der Waals surface area contributed by atoms with Gasteiger partial charge in [-0.15, -0.1) is 11.3 Å². The molecule has 0 atom stereocenters. The van der Waals surface area contributed by atoms with E-state index in [1.807, 2.05) is 46.7 Å². The van der Waals surface area contributed by atoms with Crippen molar-refractivity contribution in [2.45, 2.75) is 19.8 Å². The number of thiophene rings is 1. The molecule has 0 saturated carbocycles. The number of rotatable bonds is 2. The number of hydrogen-bond acceptors (Lipinski definition) is 3. The fourth-order valence-corrected chi connectivity index (χ4v) is 3.49. The Bertz CT molecular complexity index is 682. The summed E-state index contributed by atoms with van der Waals surface area (Å²) in [4.78, 5) is 29.2. The summed E-state index contributed by atoms with van der Waals surface area (Å²) in [6, 6.07) is 11.6. The molecule has 2 amide bonds. The number of nitrogens with zero attached hydrogens (tertiary/aromatic N) is 2. The van der Waals surface area contributed by atoms with Gasteiger partial charge in [0.05, 0.1) is 17.8 Å². The molecule has 2 heterocycles. The molecule has 0 spiro atoms. The predicted molar refractivity (Wildman–Crippen MR) is 89.5 cm³/mol. The first-order valence-electron chi connectivity index (χ1n) is 7.36. The predicted octanol–water partition coefficient (Wildman–Crippen LogP) is 3.08. The molecule has 3 rings (SSSR count). The van der Waals surface area contributed by atoms with Crippen molar-refractivity contribution in [3.63, 3.8) is 0 Å². The van der Waals surface area contributed by atoms with Crippen LogP contribution in [-0.2, 0) is 16.0 Å². The number of para-hydroxylation sites is 2. The smallest absolute Gasteiger partial charge is 0.232 e. The fourth-order valence-electron chi connectivity index (χ4n) is 2.79. The molecule has 0 saturated heterocycles. The Balaban J connectivity index is 1.92. The molecule has 22 heavy (non-hydrogen) atoms. The Kier molecular flexibility index (Phi) is 4.24. The van der Waals surface area contributed by atoms with E-state index in [0.29, 0.717) is 19.5 Å². The molecule has 1 aromatic heterocycles. The van der Waals surface area contributed by atoms with Gasteiger partial charge in [0.15, 0.2) is 0 Å². The van der Waals surface area contributed by atoms with E-state index in [-0.39, 0.29) is 11.8 Å². The Morgan fingerprint density at radius 1 is 1.05 bits per heavy atom. The van der Waals surface area contributed by atoms with Gasteiger partial charge in [0.2, 0.25) is 11.8 Å². The SMILES string of the molecule is CC(=O)N1CCCN(C(=O)Cc2cccs2)c2ccccc21. The zero-order valence-electron chi connectivity index (χ0n) is 12.5. The van der Waals surface area contributed by atoms with Crippen LogP contribution in [0.4, 0.5) is 11.4 Å². The van der Waals surface area contributed by atoms with Gasteiger partial charge < -0.3 is 9.80 Å². The van der Waals surface area contributed by atoms with Crippen LogP contribution in [0, 0.1) is 0 Å². The van der Waals surface area contributed by atoms with E-state index in [0.717, 1.165) is 22.7 Å². The highest BCUT2D eigenvalue weighted by molar-refractivity contribution is 7.10. The molecule has 0 fully saturated rings. The van der Waals surface area contributed by atoms with Crippen LogP contribution in [0.25, 0.3) is 0 Å². The third-order valence-electron chi connectivity index (χ3n) is 3.81. The molecule has 1 aliphatic heterocycles. The maximum Gasteiger partial charge on any atom is 0.232 e. The molecule has 4 nitrogen and oxygen atoms in total. The lowest BCUT2D eigenvalue weighted by Gasteiger charge is -2.24. The average molecular weight is 314 g/mol. The molecule has 0 radical (unpaired) electrons. The highest BCUT2D eigenvalue weighted by Gasteiger charge is 2.26.